The van der Waals surface area contributed by atoms with Crippen molar-refractivity contribution in [3.05, 3.63) is 95.6 Å². The van der Waals surface area contributed by atoms with Gasteiger partial charge in [-0.2, -0.15) is 0 Å². The average Bonchev–Trinajstić information content (AvgIpc) is 2.90. The monoisotopic (exact) mass is 492 g/mol. The molecule has 0 saturated carbocycles. The van der Waals surface area contributed by atoms with Crippen molar-refractivity contribution >= 4 is 12.2 Å². The third-order valence-electron chi connectivity index (χ3n) is 5.04. The molecule has 36 heavy (non-hydrogen) atoms. The molecule has 3 rings (SSSR count). The molecule has 0 aliphatic carbocycles. The van der Waals surface area contributed by atoms with Crippen LogP contribution < -0.4 is 20.1 Å². The first-order valence-electron chi connectivity index (χ1n) is 11.7. The summed E-state index contributed by atoms with van der Waals surface area (Å²) in [4.78, 5) is 25.2. The van der Waals surface area contributed by atoms with E-state index in [1.54, 1.807) is 25.3 Å². The lowest BCUT2D eigenvalue weighted by Gasteiger charge is -2.22. The first-order chi connectivity index (χ1) is 17.4. The molecule has 0 aromatic heterocycles. The number of ether oxygens (including phenoxy) is 4. The molecule has 3 aromatic rings. The van der Waals surface area contributed by atoms with E-state index in [0.717, 1.165) is 11.1 Å². The molecule has 190 valence electrons. The molecule has 0 atom stereocenters. The van der Waals surface area contributed by atoms with E-state index >= 15 is 0 Å². The number of carbonyl (C=O) groups is 2. The number of hydrogen-bond acceptors (Lipinski definition) is 6. The minimum Gasteiger partial charge on any atom is -0.493 e. The summed E-state index contributed by atoms with van der Waals surface area (Å²) in [6, 6.07) is 23.8. The minimum absolute atomic E-state index is 0.0865. The van der Waals surface area contributed by atoms with Crippen LogP contribution >= 0.6 is 0 Å². The van der Waals surface area contributed by atoms with Gasteiger partial charge < -0.3 is 18.9 Å². The molecule has 2 amide bonds. The van der Waals surface area contributed by atoms with Crippen molar-refractivity contribution in [1.82, 2.24) is 10.6 Å². The summed E-state index contributed by atoms with van der Waals surface area (Å²) < 4.78 is 22.0. The van der Waals surface area contributed by atoms with E-state index in [0.29, 0.717) is 29.6 Å². The van der Waals surface area contributed by atoms with Crippen LogP contribution in [0.25, 0.3) is 0 Å². The Hall–Kier alpha value is -4.20. The van der Waals surface area contributed by atoms with Crippen LogP contribution in [0.3, 0.4) is 0 Å². The number of carbonyl (C=O) groups excluding carboxylic acids is 2. The fourth-order valence-electron chi connectivity index (χ4n) is 3.21. The van der Waals surface area contributed by atoms with E-state index in [4.69, 9.17) is 18.9 Å². The fraction of sp³-hybridized carbons (Fsp3) is 0.286. The Labute approximate surface area is 211 Å². The number of methoxy groups -OCH3 is 1. The summed E-state index contributed by atoms with van der Waals surface area (Å²) in [7, 11) is 1.55. The Balaban J connectivity index is 1.73. The van der Waals surface area contributed by atoms with Crippen molar-refractivity contribution in [2.75, 3.05) is 13.7 Å². The second kappa shape index (κ2) is 13.6. The van der Waals surface area contributed by atoms with Crippen LogP contribution in [-0.2, 0) is 22.7 Å². The van der Waals surface area contributed by atoms with E-state index < -0.39 is 18.4 Å². The SMILES string of the molecule is COc1ccc(C(NC(=O)OCc2ccccc2)NC(=O)OCc2ccccc2)cc1OCC(C)C. The minimum atomic E-state index is -0.941. The van der Waals surface area contributed by atoms with Gasteiger partial charge in [0, 0.05) is 0 Å². The Morgan fingerprint density at radius 1 is 0.750 bits per heavy atom. The predicted molar refractivity (Wildman–Crippen MR) is 136 cm³/mol. The Bertz CT molecular complexity index is 1050. The normalized spacial score (nSPS) is 10.6. The highest BCUT2D eigenvalue weighted by Crippen LogP contribution is 2.30. The third-order valence-corrected chi connectivity index (χ3v) is 5.04. The number of rotatable bonds is 11. The standard InChI is InChI=1S/C28H32N2O6/c1-20(2)17-34-25-16-23(14-15-24(25)33-3)26(29-27(31)35-18-21-10-6-4-7-11-21)30-28(32)36-19-22-12-8-5-9-13-22/h4-16,20,26H,17-19H2,1-3H3,(H,29,31)(H,30,32). The number of hydrogen-bond donors (Lipinski definition) is 2. The van der Waals surface area contributed by atoms with Gasteiger partial charge in [0.25, 0.3) is 0 Å². The van der Waals surface area contributed by atoms with Gasteiger partial charge in [-0.15, -0.1) is 0 Å². The first-order valence-corrected chi connectivity index (χ1v) is 11.7. The largest absolute Gasteiger partial charge is 0.493 e. The molecule has 0 bridgehead atoms. The van der Waals surface area contributed by atoms with Gasteiger partial charge in [-0.05, 0) is 34.7 Å². The molecule has 0 aliphatic heterocycles. The predicted octanol–water partition coefficient (Wildman–Crippen LogP) is 5.58. The smallest absolute Gasteiger partial charge is 0.409 e. The lowest BCUT2D eigenvalue weighted by atomic mass is 10.1. The average molecular weight is 493 g/mol. The fourth-order valence-corrected chi connectivity index (χ4v) is 3.21. The van der Waals surface area contributed by atoms with E-state index in [9.17, 15) is 9.59 Å². The highest BCUT2D eigenvalue weighted by Gasteiger charge is 2.21. The lowest BCUT2D eigenvalue weighted by Crippen LogP contribution is -2.41. The van der Waals surface area contributed by atoms with Crippen LogP contribution in [0.15, 0.2) is 78.9 Å². The van der Waals surface area contributed by atoms with Crippen molar-refractivity contribution in [1.29, 1.82) is 0 Å². The maximum Gasteiger partial charge on any atom is 0.409 e. The van der Waals surface area contributed by atoms with Crippen molar-refractivity contribution < 1.29 is 28.5 Å². The lowest BCUT2D eigenvalue weighted by molar-refractivity contribution is 0.122. The first kappa shape index (κ1) is 26.4. The van der Waals surface area contributed by atoms with E-state index in [2.05, 4.69) is 10.6 Å². The highest BCUT2D eigenvalue weighted by molar-refractivity contribution is 5.71. The van der Waals surface area contributed by atoms with Gasteiger partial charge in [0.2, 0.25) is 0 Å². The van der Waals surface area contributed by atoms with Crippen LogP contribution in [-0.4, -0.2) is 25.9 Å². The molecule has 0 heterocycles. The van der Waals surface area contributed by atoms with Crippen LogP contribution in [0, 0.1) is 5.92 Å². The summed E-state index contributed by atoms with van der Waals surface area (Å²) in [5.41, 5.74) is 2.24. The van der Waals surface area contributed by atoms with Crippen LogP contribution in [0.1, 0.15) is 36.7 Å². The summed E-state index contributed by atoms with van der Waals surface area (Å²) >= 11 is 0. The van der Waals surface area contributed by atoms with Crippen LogP contribution in [0.5, 0.6) is 11.5 Å². The van der Waals surface area contributed by atoms with Gasteiger partial charge in [-0.3, -0.25) is 10.6 Å². The zero-order valence-electron chi connectivity index (χ0n) is 20.7. The zero-order chi connectivity index (χ0) is 25.8. The Morgan fingerprint density at radius 3 is 1.75 bits per heavy atom. The van der Waals surface area contributed by atoms with Crippen molar-refractivity contribution in [2.45, 2.75) is 33.2 Å². The summed E-state index contributed by atoms with van der Waals surface area (Å²) in [5.74, 6) is 1.33. The van der Waals surface area contributed by atoms with Crippen LogP contribution in [0.4, 0.5) is 9.59 Å². The summed E-state index contributed by atoms with van der Waals surface area (Å²) in [6.07, 6.45) is -2.34. The molecule has 0 fully saturated rings. The molecule has 0 aliphatic rings. The molecule has 8 nitrogen and oxygen atoms in total. The van der Waals surface area contributed by atoms with Gasteiger partial charge in [-0.1, -0.05) is 80.6 Å². The molecular formula is C28H32N2O6. The summed E-state index contributed by atoms with van der Waals surface area (Å²) in [5, 5.41) is 5.39. The van der Waals surface area contributed by atoms with E-state index in [1.807, 2.05) is 74.5 Å². The van der Waals surface area contributed by atoms with Crippen molar-refractivity contribution in [3.8, 4) is 11.5 Å². The maximum atomic E-state index is 12.6. The topological polar surface area (TPSA) is 95.1 Å². The molecule has 2 N–H and O–H groups in total. The quantitative estimate of drug-likeness (QED) is 0.339. The molecule has 0 saturated heterocycles. The summed E-state index contributed by atoms with van der Waals surface area (Å²) in [6.45, 7) is 4.72. The Morgan fingerprint density at radius 2 is 1.28 bits per heavy atom. The molecule has 0 unspecified atom stereocenters. The van der Waals surface area contributed by atoms with Gasteiger partial charge in [0.1, 0.15) is 19.4 Å². The van der Waals surface area contributed by atoms with Crippen LogP contribution in [0.2, 0.25) is 0 Å². The van der Waals surface area contributed by atoms with Gasteiger partial charge in [-0.25, -0.2) is 9.59 Å². The molecule has 0 spiro atoms. The number of benzene rings is 3. The van der Waals surface area contributed by atoms with Gasteiger partial charge in [0.15, 0.2) is 11.5 Å². The zero-order valence-corrected chi connectivity index (χ0v) is 20.7. The number of nitrogens with one attached hydrogen (secondary N) is 2. The second-order valence-electron chi connectivity index (χ2n) is 8.46. The van der Waals surface area contributed by atoms with Crippen molar-refractivity contribution in [2.24, 2.45) is 5.92 Å². The number of alkyl carbamates (subject to hydrolysis) is 2. The Kier molecular flexibility index (Phi) is 10.00. The molecular weight excluding hydrogens is 460 g/mol. The van der Waals surface area contributed by atoms with Gasteiger partial charge in [0.05, 0.1) is 13.7 Å². The number of amides is 2. The molecule has 0 radical (unpaired) electrons. The van der Waals surface area contributed by atoms with Crippen molar-refractivity contribution in [3.63, 3.8) is 0 Å². The third kappa shape index (κ3) is 8.54. The maximum absolute atomic E-state index is 12.6. The molecule has 3 aromatic carbocycles. The molecule has 8 heteroatoms. The highest BCUT2D eigenvalue weighted by atomic mass is 16.6. The second-order valence-corrected chi connectivity index (χ2v) is 8.46. The van der Waals surface area contributed by atoms with E-state index in [1.165, 1.54) is 0 Å². The van der Waals surface area contributed by atoms with E-state index in [-0.39, 0.29) is 13.2 Å². The van der Waals surface area contributed by atoms with Gasteiger partial charge >= 0.3 is 12.2 Å².